The van der Waals surface area contributed by atoms with Gasteiger partial charge in [-0.1, -0.05) is 15.9 Å². The van der Waals surface area contributed by atoms with Gasteiger partial charge < -0.3 is 9.64 Å². The molecule has 194 valence electrons. The van der Waals surface area contributed by atoms with Crippen LogP contribution in [0.4, 0.5) is 19.1 Å². The number of alkyl halides is 3. The molecule has 2 fully saturated rings. The zero-order valence-electron chi connectivity index (χ0n) is 19.5. The maximum atomic E-state index is 13.6. The first kappa shape index (κ1) is 24.3. The number of carbonyl (C=O) groups is 2. The topological polar surface area (TPSA) is 102 Å². The number of anilines is 1. The maximum absolute atomic E-state index is 13.6. The van der Waals surface area contributed by atoms with Gasteiger partial charge in [-0.05, 0) is 55.9 Å². The Morgan fingerprint density at radius 1 is 1.27 bits per heavy atom. The lowest BCUT2D eigenvalue weighted by Crippen LogP contribution is -2.46. The van der Waals surface area contributed by atoms with E-state index in [1.54, 1.807) is 12.1 Å². The smallest absolute Gasteiger partial charge is 0.356 e. The number of aromatic nitrogens is 4. The van der Waals surface area contributed by atoms with Crippen LogP contribution < -0.4 is 5.32 Å². The van der Waals surface area contributed by atoms with Crippen molar-refractivity contribution >= 4 is 44.7 Å². The molecule has 0 radical (unpaired) electrons. The van der Waals surface area contributed by atoms with Crippen LogP contribution in [-0.2, 0) is 21.1 Å². The summed E-state index contributed by atoms with van der Waals surface area (Å²) < 4.78 is 48.5. The Morgan fingerprint density at radius 2 is 2.08 bits per heavy atom. The van der Waals surface area contributed by atoms with Crippen LogP contribution in [-0.4, -0.2) is 56.2 Å². The van der Waals surface area contributed by atoms with Crippen LogP contribution >= 0.6 is 15.9 Å². The summed E-state index contributed by atoms with van der Waals surface area (Å²) in [5, 5.41) is 6.02. The van der Waals surface area contributed by atoms with Crippen molar-refractivity contribution in [2.24, 2.45) is 0 Å². The second-order valence-corrected chi connectivity index (χ2v) is 10.6. The molecule has 13 heteroatoms. The minimum atomic E-state index is -4.70. The molecule has 1 spiro atoms. The summed E-state index contributed by atoms with van der Waals surface area (Å²) in [6.45, 7) is 0.604. The van der Waals surface area contributed by atoms with E-state index in [1.807, 2.05) is 6.07 Å². The Hall–Kier alpha value is -3.06. The predicted molar refractivity (Wildman–Crippen MR) is 129 cm³/mol. The molecule has 2 amide bonds. The van der Waals surface area contributed by atoms with Gasteiger partial charge in [0.1, 0.15) is 6.54 Å². The highest BCUT2D eigenvalue weighted by molar-refractivity contribution is 9.10. The Morgan fingerprint density at radius 3 is 2.78 bits per heavy atom. The molecule has 1 atom stereocenters. The SMILES string of the molecule is O=C(CN1CC2(CC2)c2cc(Br)ccc2C1=O)Nc1ncc2c(C(F)(F)F)nn(C3CCCCO3)c2n1. The second kappa shape index (κ2) is 8.76. The van der Waals surface area contributed by atoms with Gasteiger partial charge in [0.05, 0.1) is 5.39 Å². The van der Waals surface area contributed by atoms with E-state index in [0.717, 1.165) is 46.6 Å². The van der Waals surface area contributed by atoms with E-state index in [4.69, 9.17) is 4.74 Å². The van der Waals surface area contributed by atoms with Gasteiger partial charge in [-0.3, -0.25) is 14.9 Å². The average Bonchev–Trinajstić information content (AvgIpc) is 3.52. The van der Waals surface area contributed by atoms with Gasteiger partial charge in [-0.25, -0.2) is 9.67 Å². The summed E-state index contributed by atoms with van der Waals surface area (Å²) in [6, 6.07) is 5.53. The summed E-state index contributed by atoms with van der Waals surface area (Å²) in [5.41, 5.74) is 0.247. The third kappa shape index (κ3) is 4.37. The second-order valence-electron chi connectivity index (χ2n) is 9.72. The van der Waals surface area contributed by atoms with E-state index in [0.29, 0.717) is 25.1 Å². The molecule has 1 saturated heterocycles. The minimum absolute atomic E-state index is 0.0741. The predicted octanol–water partition coefficient (Wildman–Crippen LogP) is 4.43. The summed E-state index contributed by atoms with van der Waals surface area (Å²) in [4.78, 5) is 35.6. The lowest BCUT2D eigenvalue weighted by molar-refractivity contribution is -0.141. The van der Waals surface area contributed by atoms with Crippen molar-refractivity contribution in [1.29, 1.82) is 0 Å². The van der Waals surface area contributed by atoms with E-state index < -0.39 is 24.0 Å². The van der Waals surface area contributed by atoms with Gasteiger partial charge in [-0.15, -0.1) is 0 Å². The fourth-order valence-electron chi connectivity index (χ4n) is 5.19. The third-order valence-corrected chi connectivity index (χ3v) is 7.64. The molecule has 2 aromatic heterocycles. The lowest BCUT2D eigenvalue weighted by atomic mass is 9.86. The Bertz CT molecular complexity index is 1410. The van der Waals surface area contributed by atoms with Gasteiger partial charge in [0.25, 0.3) is 5.91 Å². The Labute approximate surface area is 217 Å². The highest BCUT2D eigenvalue weighted by Crippen LogP contribution is 2.52. The summed E-state index contributed by atoms with van der Waals surface area (Å²) >= 11 is 3.46. The highest BCUT2D eigenvalue weighted by atomic mass is 79.9. The molecule has 1 unspecified atom stereocenters. The summed E-state index contributed by atoms with van der Waals surface area (Å²) in [7, 11) is 0. The third-order valence-electron chi connectivity index (χ3n) is 7.15. The van der Waals surface area contributed by atoms with Crippen molar-refractivity contribution < 1.29 is 27.5 Å². The van der Waals surface area contributed by atoms with Crippen LogP contribution in [0.2, 0.25) is 0 Å². The molecule has 1 N–H and O–H groups in total. The first-order chi connectivity index (χ1) is 17.6. The van der Waals surface area contributed by atoms with Crippen LogP contribution in [0.15, 0.2) is 28.9 Å². The van der Waals surface area contributed by atoms with Gasteiger partial charge in [0.15, 0.2) is 17.6 Å². The number of hydrogen-bond acceptors (Lipinski definition) is 6. The number of benzene rings is 1. The van der Waals surface area contributed by atoms with E-state index in [2.05, 4.69) is 36.3 Å². The van der Waals surface area contributed by atoms with E-state index in [-0.39, 0.29) is 34.8 Å². The van der Waals surface area contributed by atoms with Crippen molar-refractivity contribution in [3.8, 4) is 0 Å². The molecule has 3 aromatic rings. The zero-order chi connectivity index (χ0) is 25.9. The van der Waals surface area contributed by atoms with Gasteiger partial charge >= 0.3 is 6.18 Å². The number of carbonyl (C=O) groups excluding carboxylic acids is 2. The van der Waals surface area contributed by atoms with Gasteiger partial charge in [0.2, 0.25) is 11.9 Å². The number of hydrogen-bond donors (Lipinski definition) is 1. The number of nitrogens with one attached hydrogen (secondary N) is 1. The monoisotopic (exact) mass is 578 g/mol. The molecule has 2 aliphatic heterocycles. The maximum Gasteiger partial charge on any atom is 0.435 e. The number of amides is 2. The van der Waals surface area contributed by atoms with Crippen molar-refractivity contribution in [3.05, 3.63) is 45.7 Å². The molecule has 4 heterocycles. The number of ether oxygens (including phenoxy) is 1. The van der Waals surface area contributed by atoms with Crippen molar-refractivity contribution in [1.82, 2.24) is 24.6 Å². The Kier molecular flexibility index (Phi) is 5.75. The molecule has 6 rings (SSSR count). The largest absolute Gasteiger partial charge is 0.435 e. The first-order valence-electron chi connectivity index (χ1n) is 12.0. The van der Waals surface area contributed by atoms with Crippen molar-refractivity contribution in [2.75, 3.05) is 25.0 Å². The lowest BCUT2D eigenvalue weighted by Gasteiger charge is -2.34. The number of halogens is 4. The number of rotatable bonds is 4. The standard InChI is InChI=1S/C24H22BrF3N6O3/c25-13-4-5-14-16(9-13)23(6-7-23)12-33(21(14)36)11-17(35)30-22-29-10-15-19(24(26,27)28)32-34(20(15)31-22)18-3-1-2-8-37-18/h4-5,9-10,18H,1-3,6-8,11-12H2,(H,29,30,31,35). The molecular weight excluding hydrogens is 557 g/mol. The summed E-state index contributed by atoms with van der Waals surface area (Å²) in [5.74, 6) is -0.952. The quantitative estimate of drug-likeness (QED) is 0.491. The van der Waals surface area contributed by atoms with Crippen LogP contribution in [0, 0.1) is 0 Å². The van der Waals surface area contributed by atoms with Crippen LogP contribution in [0.1, 0.15) is 59.9 Å². The fraction of sp³-hybridized carbons (Fsp3) is 0.458. The molecule has 1 aromatic carbocycles. The first-order valence-corrected chi connectivity index (χ1v) is 12.8. The fourth-order valence-corrected chi connectivity index (χ4v) is 5.55. The van der Waals surface area contributed by atoms with Crippen LogP contribution in [0.3, 0.4) is 0 Å². The Balaban J connectivity index is 1.25. The highest BCUT2D eigenvalue weighted by Gasteiger charge is 2.51. The average molecular weight is 579 g/mol. The van der Waals surface area contributed by atoms with Gasteiger partial charge in [-0.2, -0.15) is 23.3 Å². The van der Waals surface area contributed by atoms with Gasteiger partial charge in [0, 0.05) is 34.8 Å². The molecule has 1 aliphatic carbocycles. The van der Waals surface area contributed by atoms with Crippen molar-refractivity contribution in [2.45, 2.75) is 49.9 Å². The zero-order valence-corrected chi connectivity index (χ0v) is 21.1. The molecule has 37 heavy (non-hydrogen) atoms. The molecular formula is C24H22BrF3N6O3. The van der Waals surface area contributed by atoms with Crippen molar-refractivity contribution in [3.63, 3.8) is 0 Å². The number of nitrogens with zero attached hydrogens (tertiary/aromatic N) is 5. The normalized spacial score (nSPS) is 20.8. The van der Waals surface area contributed by atoms with E-state index in [1.165, 1.54) is 4.90 Å². The molecule has 0 bridgehead atoms. The molecule has 9 nitrogen and oxygen atoms in total. The summed E-state index contributed by atoms with van der Waals surface area (Å²) in [6.07, 6.45) is -0.433. The van der Waals surface area contributed by atoms with Crippen LogP contribution in [0.5, 0.6) is 0 Å². The molecule has 1 saturated carbocycles. The van der Waals surface area contributed by atoms with E-state index in [9.17, 15) is 22.8 Å². The molecule has 3 aliphatic rings. The van der Waals surface area contributed by atoms with Crippen LogP contribution in [0.25, 0.3) is 11.0 Å². The van der Waals surface area contributed by atoms with E-state index >= 15 is 0 Å². The minimum Gasteiger partial charge on any atom is -0.356 e. The number of fused-ring (bicyclic) bond motifs is 3.